The van der Waals surface area contributed by atoms with Gasteiger partial charge in [-0.3, -0.25) is 14.2 Å². The van der Waals surface area contributed by atoms with Crippen LogP contribution in [0.15, 0.2) is 36.8 Å². The Morgan fingerprint density at radius 3 is 2.76 bits per heavy atom. The second-order valence-electron chi connectivity index (χ2n) is 5.55. The van der Waals surface area contributed by atoms with Crippen LogP contribution in [0, 0.1) is 6.92 Å². The van der Waals surface area contributed by atoms with Crippen LogP contribution in [0.2, 0.25) is 10.0 Å². The maximum Gasteiger partial charge on any atom is 0.257 e. The van der Waals surface area contributed by atoms with Gasteiger partial charge < -0.3 is 5.32 Å². The maximum absolute atomic E-state index is 12.3. The lowest BCUT2D eigenvalue weighted by Crippen LogP contribution is -2.12. The molecule has 0 radical (unpaired) electrons. The van der Waals surface area contributed by atoms with Crippen molar-refractivity contribution in [1.82, 2.24) is 19.6 Å². The number of anilines is 1. The normalized spacial score (nSPS) is 10.9. The van der Waals surface area contributed by atoms with Crippen molar-refractivity contribution in [2.75, 3.05) is 5.32 Å². The van der Waals surface area contributed by atoms with Crippen LogP contribution >= 0.6 is 23.2 Å². The minimum Gasteiger partial charge on any atom is -0.319 e. The molecule has 3 aromatic rings. The topological polar surface area (TPSA) is 64.7 Å². The highest BCUT2D eigenvalue weighted by Crippen LogP contribution is 2.26. The van der Waals surface area contributed by atoms with Crippen LogP contribution in [0.5, 0.6) is 0 Å². The number of aromatic nitrogens is 4. The molecule has 0 spiro atoms. The molecule has 1 amide bonds. The van der Waals surface area contributed by atoms with E-state index in [9.17, 15) is 4.79 Å². The van der Waals surface area contributed by atoms with Crippen LogP contribution in [-0.4, -0.2) is 25.5 Å². The van der Waals surface area contributed by atoms with Gasteiger partial charge in [0.1, 0.15) is 0 Å². The van der Waals surface area contributed by atoms with Gasteiger partial charge in [-0.15, -0.1) is 0 Å². The van der Waals surface area contributed by atoms with E-state index in [1.165, 1.54) is 0 Å². The highest BCUT2D eigenvalue weighted by Gasteiger charge is 2.14. The zero-order chi connectivity index (χ0) is 18.0. The summed E-state index contributed by atoms with van der Waals surface area (Å²) in [6, 6.07) is 4.94. The number of rotatable bonds is 5. The highest BCUT2D eigenvalue weighted by atomic mass is 35.5. The van der Waals surface area contributed by atoms with Crippen molar-refractivity contribution in [3.8, 4) is 0 Å². The van der Waals surface area contributed by atoms with Crippen LogP contribution in [0.4, 0.5) is 5.69 Å². The van der Waals surface area contributed by atoms with Crippen LogP contribution in [0.3, 0.4) is 0 Å². The Kier molecular flexibility index (Phi) is 5.11. The van der Waals surface area contributed by atoms with Gasteiger partial charge >= 0.3 is 0 Å². The number of carbonyl (C=O) groups excluding carboxylic acids is 1. The molecule has 0 bridgehead atoms. The standard InChI is InChI=1S/C17H17Cl2N5O/c1-3-24-11(2)12(7-21-24)9-23-10-13(8-20-23)22-17(25)14-5-4-6-15(18)16(14)19/h4-8,10H,3,9H2,1-2H3,(H,22,25). The van der Waals surface area contributed by atoms with Gasteiger partial charge in [-0.25, -0.2) is 0 Å². The molecule has 3 rings (SSSR count). The molecule has 130 valence electrons. The van der Waals surface area contributed by atoms with E-state index < -0.39 is 0 Å². The molecule has 0 saturated carbocycles. The van der Waals surface area contributed by atoms with Crippen LogP contribution in [-0.2, 0) is 13.1 Å². The van der Waals surface area contributed by atoms with Crippen molar-refractivity contribution >= 4 is 34.8 Å². The van der Waals surface area contributed by atoms with E-state index in [1.54, 1.807) is 35.3 Å². The largest absolute Gasteiger partial charge is 0.319 e. The second-order valence-corrected chi connectivity index (χ2v) is 6.34. The Hall–Kier alpha value is -2.31. The van der Waals surface area contributed by atoms with Gasteiger partial charge in [0.15, 0.2) is 0 Å². The van der Waals surface area contributed by atoms with Crippen molar-refractivity contribution in [3.63, 3.8) is 0 Å². The number of carbonyl (C=O) groups is 1. The lowest BCUT2D eigenvalue weighted by Gasteiger charge is -2.05. The lowest BCUT2D eigenvalue weighted by atomic mass is 10.2. The quantitative estimate of drug-likeness (QED) is 0.730. The second kappa shape index (κ2) is 7.29. The first-order chi connectivity index (χ1) is 12.0. The number of hydrogen-bond acceptors (Lipinski definition) is 3. The number of halogens is 2. The van der Waals surface area contributed by atoms with E-state index in [1.807, 2.05) is 24.7 Å². The third kappa shape index (κ3) is 3.70. The summed E-state index contributed by atoms with van der Waals surface area (Å²) >= 11 is 12.0. The van der Waals surface area contributed by atoms with Crippen LogP contribution in [0.25, 0.3) is 0 Å². The summed E-state index contributed by atoms with van der Waals surface area (Å²) in [4.78, 5) is 12.3. The Morgan fingerprint density at radius 1 is 1.24 bits per heavy atom. The molecular formula is C17H17Cl2N5O. The number of nitrogens with zero attached hydrogens (tertiary/aromatic N) is 4. The Morgan fingerprint density at radius 2 is 2.04 bits per heavy atom. The predicted molar refractivity (Wildman–Crippen MR) is 98.4 cm³/mol. The molecule has 6 nitrogen and oxygen atoms in total. The molecule has 1 N–H and O–H groups in total. The first-order valence-electron chi connectivity index (χ1n) is 7.78. The minimum absolute atomic E-state index is 0.233. The van der Waals surface area contributed by atoms with Gasteiger partial charge in [-0.1, -0.05) is 29.3 Å². The van der Waals surface area contributed by atoms with E-state index in [0.717, 1.165) is 17.8 Å². The lowest BCUT2D eigenvalue weighted by molar-refractivity contribution is 0.102. The third-order valence-electron chi connectivity index (χ3n) is 3.92. The van der Waals surface area contributed by atoms with Gasteiger partial charge in [-0.2, -0.15) is 10.2 Å². The summed E-state index contributed by atoms with van der Waals surface area (Å²) < 4.78 is 3.68. The zero-order valence-electron chi connectivity index (χ0n) is 13.8. The molecule has 25 heavy (non-hydrogen) atoms. The van der Waals surface area contributed by atoms with E-state index in [0.29, 0.717) is 22.8 Å². The third-order valence-corrected chi connectivity index (χ3v) is 4.74. The summed E-state index contributed by atoms with van der Waals surface area (Å²) in [7, 11) is 0. The molecule has 0 aliphatic heterocycles. The molecule has 0 aliphatic rings. The van der Waals surface area contributed by atoms with Gasteiger partial charge in [0.05, 0.1) is 40.2 Å². The average Bonchev–Trinajstić information content (AvgIpc) is 3.17. The summed E-state index contributed by atoms with van der Waals surface area (Å²) in [6.07, 6.45) is 5.19. The summed E-state index contributed by atoms with van der Waals surface area (Å²) in [5, 5.41) is 12.0. The molecule has 0 aliphatic carbocycles. The Bertz CT molecular complexity index is 916. The fourth-order valence-electron chi connectivity index (χ4n) is 2.53. The molecule has 0 atom stereocenters. The summed E-state index contributed by atoms with van der Waals surface area (Å²) in [6.45, 7) is 5.48. The molecule has 0 saturated heterocycles. The molecular weight excluding hydrogens is 361 g/mol. The van der Waals surface area contributed by atoms with Crippen molar-refractivity contribution in [2.45, 2.75) is 26.9 Å². The maximum atomic E-state index is 12.3. The molecule has 8 heteroatoms. The summed E-state index contributed by atoms with van der Waals surface area (Å²) in [5.74, 6) is -0.331. The van der Waals surface area contributed by atoms with E-state index in [4.69, 9.17) is 23.2 Å². The summed E-state index contributed by atoms with van der Waals surface area (Å²) in [5.41, 5.74) is 3.10. The average molecular weight is 378 g/mol. The van der Waals surface area contributed by atoms with Crippen LogP contribution in [0.1, 0.15) is 28.5 Å². The number of aryl methyl sites for hydroxylation is 1. The van der Waals surface area contributed by atoms with E-state index in [-0.39, 0.29) is 10.9 Å². The minimum atomic E-state index is -0.331. The SMILES string of the molecule is CCn1ncc(Cn2cc(NC(=O)c3cccc(Cl)c3Cl)cn2)c1C. The Balaban J connectivity index is 1.72. The highest BCUT2D eigenvalue weighted by molar-refractivity contribution is 6.44. The first kappa shape index (κ1) is 17.5. The molecule has 0 unspecified atom stereocenters. The predicted octanol–water partition coefficient (Wildman–Crippen LogP) is 4.02. The van der Waals surface area contributed by atoms with Gasteiger partial charge in [0.25, 0.3) is 5.91 Å². The smallest absolute Gasteiger partial charge is 0.257 e. The number of amides is 1. The van der Waals surface area contributed by atoms with Crippen molar-refractivity contribution in [3.05, 3.63) is 63.7 Å². The monoisotopic (exact) mass is 377 g/mol. The number of benzene rings is 1. The van der Waals surface area contributed by atoms with E-state index in [2.05, 4.69) is 15.5 Å². The molecule has 1 aromatic carbocycles. The molecule has 0 fully saturated rings. The van der Waals surface area contributed by atoms with Gasteiger partial charge in [0.2, 0.25) is 0 Å². The Labute approximate surface area is 155 Å². The number of nitrogens with one attached hydrogen (secondary N) is 1. The molecule has 2 heterocycles. The fourth-order valence-corrected chi connectivity index (χ4v) is 2.91. The zero-order valence-corrected chi connectivity index (χ0v) is 15.3. The van der Waals surface area contributed by atoms with Gasteiger partial charge in [-0.05, 0) is 26.0 Å². The van der Waals surface area contributed by atoms with Crippen molar-refractivity contribution < 1.29 is 4.79 Å². The van der Waals surface area contributed by atoms with Crippen LogP contribution < -0.4 is 5.32 Å². The molecule has 2 aromatic heterocycles. The van der Waals surface area contributed by atoms with Crippen molar-refractivity contribution in [1.29, 1.82) is 0 Å². The van der Waals surface area contributed by atoms with Gasteiger partial charge in [0, 0.05) is 24.0 Å². The van der Waals surface area contributed by atoms with E-state index >= 15 is 0 Å². The first-order valence-corrected chi connectivity index (χ1v) is 8.54. The van der Waals surface area contributed by atoms with Crippen molar-refractivity contribution in [2.24, 2.45) is 0 Å². The fraction of sp³-hybridized carbons (Fsp3) is 0.235. The number of hydrogen-bond donors (Lipinski definition) is 1.